The zero-order valence-electron chi connectivity index (χ0n) is 7.46. The Hall–Kier alpha value is -0.860. The van der Waals surface area contributed by atoms with E-state index in [9.17, 15) is 9.59 Å². The van der Waals surface area contributed by atoms with Crippen LogP contribution in [0.3, 0.4) is 0 Å². The summed E-state index contributed by atoms with van der Waals surface area (Å²) in [5.74, 6) is -1.83. The van der Waals surface area contributed by atoms with E-state index in [0.29, 0.717) is 6.42 Å². The molecule has 12 heavy (non-hydrogen) atoms. The smallest absolute Gasteiger partial charge is 0.314 e. The Morgan fingerprint density at radius 2 is 2.17 bits per heavy atom. The second-order valence-electron chi connectivity index (χ2n) is 4.03. The fourth-order valence-electron chi connectivity index (χ4n) is 1.71. The lowest BCUT2D eigenvalue weighted by molar-refractivity contribution is -0.151. The maximum Gasteiger partial charge on any atom is 0.314 e. The molecular weight excluding hydrogens is 156 g/mol. The molecule has 1 rings (SSSR count). The number of ketones is 1. The Morgan fingerprint density at radius 1 is 1.58 bits per heavy atom. The molecule has 1 saturated carbocycles. The van der Waals surface area contributed by atoms with E-state index in [4.69, 9.17) is 5.11 Å². The highest BCUT2D eigenvalue weighted by Crippen LogP contribution is 2.35. The second kappa shape index (κ2) is 2.88. The Bertz CT molecular complexity index is 218. The fraction of sp³-hybridized carbons (Fsp3) is 0.778. The zero-order chi connectivity index (χ0) is 9.35. The van der Waals surface area contributed by atoms with Gasteiger partial charge in [0, 0.05) is 5.41 Å². The van der Waals surface area contributed by atoms with Crippen LogP contribution in [0.15, 0.2) is 0 Å². The number of hydrogen-bond acceptors (Lipinski definition) is 2. The zero-order valence-corrected chi connectivity index (χ0v) is 7.46. The van der Waals surface area contributed by atoms with Gasteiger partial charge in [-0.3, -0.25) is 9.59 Å². The van der Waals surface area contributed by atoms with Crippen LogP contribution >= 0.6 is 0 Å². The summed E-state index contributed by atoms with van der Waals surface area (Å²) in [5.41, 5.74) is -0.429. The van der Waals surface area contributed by atoms with Crippen molar-refractivity contribution in [1.29, 1.82) is 0 Å². The van der Waals surface area contributed by atoms with Crippen molar-refractivity contribution in [3.05, 3.63) is 0 Å². The van der Waals surface area contributed by atoms with E-state index in [0.717, 1.165) is 12.8 Å². The van der Waals surface area contributed by atoms with E-state index in [1.165, 1.54) is 0 Å². The summed E-state index contributed by atoms with van der Waals surface area (Å²) in [5, 5.41) is 8.72. The fourth-order valence-corrected chi connectivity index (χ4v) is 1.71. The number of carboxylic acids is 1. The quantitative estimate of drug-likeness (QED) is 0.606. The summed E-state index contributed by atoms with van der Waals surface area (Å²) < 4.78 is 0. The number of rotatable bonds is 1. The molecule has 0 spiro atoms. The molecule has 0 saturated heterocycles. The van der Waals surface area contributed by atoms with Crippen molar-refractivity contribution < 1.29 is 14.7 Å². The molecule has 1 unspecified atom stereocenters. The third-order valence-corrected chi connectivity index (χ3v) is 2.58. The monoisotopic (exact) mass is 170 g/mol. The van der Waals surface area contributed by atoms with Crippen molar-refractivity contribution in [2.45, 2.75) is 33.1 Å². The molecule has 0 aromatic carbocycles. The molecular formula is C9H14O3. The SMILES string of the molecule is CC1(C)CCCC(C(=O)O)C1=O. The van der Waals surface area contributed by atoms with Gasteiger partial charge in [-0.05, 0) is 12.8 Å². The van der Waals surface area contributed by atoms with Crippen LogP contribution in [0.2, 0.25) is 0 Å². The highest BCUT2D eigenvalue weighted by molar-refractivity contribution is 6.01. The molecule has 1 aliphatic rings. The summed E-state index contributed by atoms with van der Waals surface area (Å²) in [6.45, 7) is 3.65. The third kappa shape index (κ3) is 1.49. The first-order valence-electron chi connectivity index (χ1n) is 4.22. The summed E-state index contributed by atoms with van der Waals surface area (Å²) in [6.07, 6.45) is 2.17. The average Bonchev–Trinajstić information content (AvgIpc) is 1.94. The molecule has 0 amide bonds. The van der Waals surface area contributed by atoms with E-state index >= 15 is 0 Å². The van der Waals surface area contributed by atoms with Crippen LogP contribution in [0.4, 0.5) is 0 Å². The molecule has 0 aromatic heterocycles. The van der Waals surface area contributed by atoms with Gasteiger partial charge in [0.05, 0.1) is 0 Å². The third-order valence-electron chi connectivity index (χ3n) is 2.58. The number of carbonyl (C=O) groups is 2. The van der Waals surface area contributed by atoms with E-state index < -0.39 is 17.3 Å². The number of Topliss-reactive ketones (excluding diaryl/α,β-unsaturated/α-hetero) is 1. The van der Waals surface area contributed by atoms with E-state index in [2.05, 4.69) is 0 Å². The summed E-state index contributed by atoms with van der Waals surface area (Å²) in [6, 6.07) is 0. The van der Waals surface area contributed by atoms with Crippen LogP contribution < -0.4 is 0 Å². The van der Waals surface area contributed by atoms with Gasteiger partial charge in [0.1, 0.15) is 5.92 Å². The summed E-state index contributed by atoms with van der Waals surface area (Å²) in [4.78, 5) is 22.1. The maximum atomic E-state index is 11.5. The Labute approximate surface area is 71.8 Å². The Balaban J connectivity index is 2.80. The van der Waals surface area contributed by atoms with Gasteiger partial charge in [0.2, 0.25) is 0 Å². The van der Waals surface area contributed by atoms with Crippen LogP contribution in [0.5, 0.6) is 0 Å². The van der Waals surface area contributed by atoms with Crippen molar-refractivity contribution in [1.82, 2.24) is 0 Å². The van der Waals surface area contributed by atoms with Gasteiger partial charge >= 0.3 is 5.97 Å². The largest absolute Gasteiger partial charge is 0.481 e. The molecule has 1 N–H and O–H groups in total. The maximum absolute atomic E-state index is 11.5. The molecule has 1 fully saturated rings. The predicted molar refractivity (Wildman–Crippen MR) is 43.8 cm³/mol. The number of carboxylic acid groups (broad SMARTS) is 1. The molecule has 0 aromatic rings. The van der Waals surface area contributed by atoms with Gasteiger partial charge < -0.3 is 5.11 Å². The molecule has 3 heteroatoms. The molecule has 1 atom stereocenters. The first-order chi connectivity index (χ1) is 5.45. The van der Waals surface area contributed by atoms with Gasteiger partial charge in [0.15, 0.2) is 5.78 Å². The van der Waals surface area contributed by atoms with Crippen LogP contribution in [0, 0.1) is 11.3 Å². The van der Waals surface area contributed by atoms with Gasteiger partial charge in [-0.15, -0.1) is 0 Å². The van der Waals surface area contributed by atoms with Crippen LogP contribution in [-0.2, 0) is 9.59 Å². The van der Waals surface area contributed by atoms with Crippen molar-refractivity contribution in [3.8, 4) is 0 Å². The van der Waals surface area contributed by atoms with Crippen LogP contribution in [0.25, 0.3) is 0 Å². The first kappa shape index (κ1) is 9.23. The predicted octanol–water partition coefficient (Wildman–Crippen LogP) is 1.47. The topological polar surface area (TPSA) is 54.4 Å². The Morgan fingerprint density at radius 3 is 2.58 bits per heavy atom. The van der Waals surface area contributed by atoms with Crippen molar-refractivity contribution in [3.63, 3.8) is 0 Å². The molecule has 0 aliphatic heterocycles. The van der Waals surface area contributed by atoms with Gasteiger partial charge in [-0.25, -0.2) is 0 Å². The lowest BCUT2D eigenvalue weighted by Crippen LogP contribution is -2.39. The summed E-state index contributed by atoms with van der Waals surface area (Å²) in [7, 11) is 0. The van der Waals surface area contributed by atoms with Gasteiger partial charge in [0.25, 0.3) is 0 Å². The lowest BCUT2D eigenvalue weighted by atomic mass is 9.71. The minimum atomic E-state index is -0.965. The normalized spacial score (nSPS) is 28.5. The minimum Gasteiger partial charge on any atom is -0.481 e. The van der Waals surface area contributed by atoms with Crippen LogP contribution in [-0.4, -0.2) is 16.9 Å². The Kier molecular flexibility index (Phi) is 2.22. The van der Waals surface area contributed by atoms with Gasteiger partial charge in [-0.2, -0.15) is 0 Å². The van der Waals surface area contributed by atoms with Crippen molar-refractivity contribution >= 4 is 11.8 Å². The van der Waals surface area contributed by atoms with E-state index in [-0.39, 0.29) is 5.78 Å². The summed E-state index contributed by atoms with van der Waals surface area (Å²) >= 11 is 0. The molecule has 0 radical (unpaired) electrons. The number of carbonyl (C=O) groups excluding carboxylic acids is 1. The molecule has 1 aliphatic carbocycles. The van der Waals surface area contributed by atoms with E-state index in [1.54, 1.807) is 0 Å². The number of hydrogen-bond donors (Lipinski definition) is 1. The molecule has 0 bridgehead atoms. The minimum absolute atomic E-state index is 0.110. The molecule has 3 nitrogen and oxygen atoms in total. The average molecular weight is 170 g/mol. The highest BCUT2D eigenvalue weighted by Gasteiger charge is 2.40. The van der Waals surface area contributed by atoms with Crippen molar-refractivity contribution in [2.75, 3.05) is 0 Å². The lowest BCUT2D eigenvalue weighted by Gasteiger charge is -2.31. The van der Waals surface area contributed by atoms with Crippen LogP contribution in [0.1, 0.15) is 33.1 Å². The standard InChI is InChI=1S/C9H14O3/c1-9(2)5-3-4-6(7(9)10)8(11)12/h6H,3-5H2,1-2H3,(H,11,12). The molecule has 68 valence electrons. The first-order valence-corrected chi connectivity index (χ1v) is 4.22. The number of aliphatic carboxylic acids is 1. The van der Waals surface area contributed by atoms with Crippen molar-refractivity contribution in [2.24, 2.45) is 11.3 Å². The second-order valence-corrected chi connectivity index (χ2v) is 4.03. The molecule has 0 heterocycles. The van der Waals surface area contributed by atoms with E-state index in [1.807, 2.05) is 13.8 Å². The van der Waals surface area contributed by atoms with Gasteiger partial charge in [-0.1, -0.05) is 20.3 Å². The highest BCUT2D eigenvalue weighted by atomic mass is 16.4.